The summed E-state index contributed by atoms with van der Waals surface area (Å²) in [6.07, 6.45) is 4.61. The Morgan fingerprint density at radius 1 is 1.21 bits per heavy atom. The first kappa shape index (κ1) is 15.7. The third-order valence-corrected chi connectivity index (χ3v) is 4.23. The summed E-state index contributed by atoms with van der Waals surface area (Å²) < 4.78 is 0. The Hall–Kier alpha value is -1.36. The zero-order valence-corrected chi connectivity index (χ0v) is 12.5. The van der Waals surface area contributed by atoms with E-state index < -0.39 is 5.97 Å². The zero-order chi connectivity index (χ0) is 14.4. The van der Waals surface area contributed by atoms with Crippen LogP contribution in [0.4, 0.5) is 5.00 Å². The monoisotopic (exact) mass is 283 g/mol. The topological polar surface area (TPSA) is 66.4 Å². The van der Waals surface area contributed by atoms with Gasteiger partial charge >= 0.3 is 5.97 Å². The summed E-state index contributed by atoms with van der Waals surface area (Å²) in [4.78, 5) is 23.9. The van der Waals surface area contributed by atoms with E-state index in [0.717, 1.165) is 36.1 Å². The molecule has 0 fully saturated rings. The number of aromatic carboxylic acids is 1. The normalized spacial score (nSPS) is 10.5. The predicted molar refractivity (Wildman–Crippen MR) is 78.1 cm³/mol. The Kier molecular flexibility index (Phi) is 6.02. The number of carboxylic acids is 1. The predicted octanol–water partition coefficient (Wildman–Crippen LogP) is 3.97. The standard InChI is InChI=1S/C14H21NO3S/c1-4-5-6-7-8-11(16)15-13-12(14(17)18)9(2)10(3)19-13/h4-8H2,1-3H3,(H,15,16)(H,17,18). The van der Waals surface area contributed by atoms with Crippen molar-refractivity contribution in [1.82, 2.24) is 0 Å². The minimum atomic E-state index is -0.983. The average Bonchev–Trinajstić information content (AvgIpc) is 2.60. The highest BCUT2D eigenvalue weighted by Gasteiger charge is 2.19. The van der Waals surface area contributed by atoms with Gasteiger partial charge < -0.3 is 10.4 Å². The summed E-state index contributed by atoms with van der Waals surface area (Å²) in [6.45, 7) is 5.76. The highest BCUT2D eigenvalue weighted by molar-refractivity contribution is 7.16. The fourth-order valence-corrected chi connectivity index (χ4v) is 2.94. The number of unbranched alkanes of at least 4 members (excludes halogenated alkanes) is 3. The summed E-state index contributed by atoms with van der Waals surface area (Å²) in [7, 11) is 0. The van der Waals surface area contributed by atoms with Crippen LogP contribution in [0.25, 0.3) is 0 Å². The lowest BCUT2D eigenvalue weighted by atomic mass is 10.1. The summed E-state index contributed by atoms with van der Waals surface area (Å²) in [5.41, 5.74) is 0.961. The molecule has 0 aliphatic carbocycles. The molecular formula is C14H21NO3S. The first-order valence-electron chi connectivity index (χ1n) is 6.60. The third-order valence-electron chi connectivity index (χ3n) is 3.11. The number of hydrogen-bond acceptors (Lipinski definition) is 3. The number of thiophene rings is 1. The van der Waals surface area contributed by atoms with Gasteiger partial charge in [0.1, 0.15) is 5.00 Å². The second-order valence-electron chi connectivity index (χ2n) is 4.65. The van der Waals surface area contributed by atoms with E-state index in [0.29, 0.717) is 11.4 Å². The number of hydrogen-bond donors (Lipinski definition) is 2. The molecule has 1 aromatic heterocycles. The highest BCUT2D eigenvalue weighted by atomic mass is 32.1. The maximum atomic E-state index is 11.8. The van der Waals surface area contributed by atoms with E-state index in [9.17, 15) is 14.7 Å². The van der Waals surface area contributed by atoms with Crippen molar-refractivity contribution in [2.75, 3.05) is 5.32 Å². The van der Waals surface area contributed by atoms with Gasteiger partial charge in [-0.2, -0.15) is 0 Å². The summed E-state index contributed by atoms with van der Waals surface area (Å²) in [5, 5.41) is 12.4. The molecule has 0 radical (unpaired) electrons. The molecule has 2 N–H and O–H groups in total. The van der Waals surface area contributed by atoms with Gasteiger partial charge in [-0.15, -0.1) is 11.3 Å². The van der Waals surface area contributed by atoms with E-state index in [2.05, 4.69) is 12.2 Å². The fraction of sp³-hybridized carbons (Fsp3) is 0.571. The molecule has 106 valence electrons. The SMILES string of the molecule is CCCCCCC(=O)Nc1sc(C)c(C)c1C(=O)O. The zero-order valence-electron chi connectivity index (χ0n) is 11.7. The van der Waals surface area contributed by atoms with Crippen LogP contribution in [0, 0.1) is 13.8 Å². The number of aryl methyl sites for hydroxylation is 1. The molecule has 5 heteroatoms. The van der Waals surface area contributed by atoms with E-state index in [4.69, 9.17) is 0 Å². The van der Waals surface area contributed by atoms with Crippen LogP contribution in [0.15, 0.2) is 0 Å². The van der Waals surface area contributed by atoms with Crippen molar-refractivity contribution in [2.45, 2.75) is 52.9 Å². The van der Waals surface area contributed by atoms with Crippen LogP contribution in [0.1, 0.15) is 59.8 Å². The molecular weight excluding hydrogens is 262 g/mol. The van der Waals surface area contributed by atoms with Crippen LogP contribution < -0.4 is 5.32 Å². The fourth-order valence-electron chi connectivity index (χ4n) is 1.87. The van der Waals surface area contributed by atoms with E-state index in [1.807, 2.05) is 6.92 Å². The van der Waals surface area contributed by atoms with Crippen LogP contribution in [-0.4, -0.2) is 17.0 Å². The Morgan fingerprint density at radius 3 is 2.47 bits per heavy atom. The van der Waals surface area contributed by atoms with Crippen LogP contribution >= 0.6 is 11.3 Å². The second-order valence-corrected chi connectivity index (χ2v) is 5.88. The van der Waals surface area contributed by atoms with Crippen molar-refractivity contribution in [2.24, 2.45) is 0 Å². The number of amides is 1. The first-order chi connectivity index (χ1) is 8.97. The summed E-state index contributed by atoms with van der Waals surface area (Å²) in [5.74, 6) is -1.08. The van der Waals surface area contributed by atoms with Gasteiger partial charge in [0.15, 0.2) is 0 Å². The van der Waals surface area contributed by atoms with E-state index in [1.54, 1.807) is 6.92 Å². The maximum Gasteiger partial charge on any atom is 0.338 e. The quantitative estimate of drug-likeness (QED) is 0.744. The number of rotatable bonds is 7. The lowest BCUT2D eigenvalue weighted by molar-refractivity contribution is -0.116. The van der Waals surface area contributed by atoms with Crippen LogP contribution in [0.2, 0.25) is 0 Å². The number of carboxylic acid groups (broad SMARTS) is 1. The number of nitrogens with one attached hydrogen (secondary N) is 1. The minimum Gasteiger partial charge on any atom is -0.478 e. The lowest BCUT2D eigenvalue weighted by Crippen LogP contribution is -2.13. The van der Waals surface area contributed by atoms with Crippen LogP contribution in [-0.2, 0) is 4.79 Å². The molecule has 4 nitrogen and oxygen atoms in total. The second kappa shape index (κ2) is 7.28. The minimum absolute atomic E-state index is 0.0974. The molecule has 0 aliphatic rings. The number of carbonyl (C=O) groups excluding carboxylic acids is 1. The Balaban J connectivity index is 2.64. The molecule has 0 saturated heterocycles. The first-order valence-corrected chi connectivity index (χ1v) is 7.42. The van der Waals surface area contributed by atoms with Gasteiger partial charge in [0, 0.05) is 11.3 Å². The maximum absolute atomic E-state index is 11.8. The largest absolute Gasteiger partial charge is 0.478 e. The van der Waals surface area contributed by atoms with Crippen molar-refractivity contribution in [3.05, 3.63) is 16.0 Å². The average molecular weight is 283 g/mol. The molecule has 1 amide bonds. The van der Waals surface area contributed by atoms with Gasteiger partial charge in [-0.25, -0.2) is 4.79 Å². The molecule has 0 bridgehead atoms. The van der Waals surface area contributed by atoms with Gasteiger partial charge in [0.05, 0.1) is 5.56 Å². The molecule has 0 aromatic carbocycles. The molecule has 0 unspecified atom stereocenters. The summed E-state index contributed by atoms with van der Waals surface area (Å²) >= 11 is 1.33. The molecule has 1 heterocycles. The van der Waals surface area contributed by atoms with Crippen molar-refractivity contribution in [3.8, 4) is 0 Å². The third kappa shape index (κ3) is 4.35. The molecule has 0 aliphatic heterocycles. The van der Waals surface area contributed by atoms with Crippen molar-refractivity contribution < 1.29 is 14.7 Å². The van der Waals surface area contributed by atoms with E-state index in [1.165, 1.54) is 11.3 Å². The Morgan fingerprint density at radius 2 is 1.89 bits per heavy atom. The smallest absolute Gasteiger partial charge is 0.338 e. The van der Waals surface area contributed by atoms with Gasteiger partial charge in [-0.1, -0.05) is 26.2 Å². The van der Waals surface area contributed by atoms with Crippen LogP contribution in [0.3, 0.4) is 0 Å². The van der Waals surface area contributed by atoms with Gasteiger partial charge in [-0.3, -0.25) is 4.79 Å². The van der Waals surface area contributed by atoms with Crippen LogP contribution in [0.5, 0.6) is 0 Å². The van der Waals surface area contributed by atoms with E-state index in [-0.39, 0.29) is 11.5 Å². The van der Waals surface area contributed by atoms with Crippen molar-refractivity contribution >= 4 is 28.2 Å². The molecule has 0 atom stereocenters. The molecule has 0 saturated carbocycles. The number of carbonyl (C=O) groups is 2. The Bertz CT molecular complexity index is 466. The summed E-state index contributed by atoms with van der Waals surface area (Å²) in [6, 6.07) is 0. The Labute approximate surface area is 117 Å². The van der Waals surface area contributed by atoms with Crippen molar-refractivity contribution in [3.63, 3.8) is 0 Å². The lowest BCUT2D eigenvalue weighted by Gasteiger charge is -2.04. The van der Waals surface area contributed by atoms with Gasteiger partial charge in [-0.05, 0) is 25.8 Å². The molecule has 1 aromatic rings. The molecule has 19 heavy (non-hydrogen) atoms. The molecule has 0 spiro atoms. The molecule has 1 rings (SSSR count). The van der Waals surface area contributed by atoms with E-state index >= 15 is 0 Å². The highest BCUT2D eigenvalue weighted by Crippen LogP contribution is 2.32. The van der Waals surface area contributed by atoms with Gasteiger partial charge in [0.2, 0.25) is 5.91 Å². The number of anilines is 1. The van der Waals surface area contributed by atoms with Gasteiger partial charge in [0.25, 0.3) is 0 Å². The van der Waals surface area contributed by atoms with Crippen molar-refractivity contribution in [1.29, 1.82) is 0 Å².